The van der Waals surface area contributed by atoms with E-state index in [9.17, 15) is 0 Å². The summed E-state index contributed by atoms with van der Waals surface area (Å²) in [5.41, 5.74) is 1.83. The monoisotopic (exact) mass is 307 g/mol. The second-order valence-electron chi connectivity index (χ2n) is 4.72. The first-order chi connectivity index (χ1) is 10.8. The summed E-state index contributed by atoms with van der Waals surface area (Å²) in [4.78, 5) is 4.43. The molecule has 2 nitrogen and oxygen atoms in total. The van der Waals surface area contributed by atoms with E-state index in [1.165, 1.54) is 0 Å². The molecule has 0 bridgehead atoms. The highest BCUT2D eigenvalue weighted by molar-refractivity contribution is 6.30. The van der Waals surface area contributed by atoms with Gasteiger partial charge >= 0.3 is 0 Å². The van der Waals surface area contributed by atoms with Crippen LogP contribution in [0.4, 0.5) is 5.69 Å². The van der Waals surface area contributed by atoms with Gasteiger partial charge in [0, 0.05) is 11.2 Å². The number of hydrogen-bond donors (Lipinski definition) is 0. The van der Waals surface area contributed by atoms with Crippen molar-refractivity contribution in [3.63, 3.8) is 0 Å². The molecule has 0 spiro atoms. The van der Waals surface area contributed by atoms with Crippen molar-refractivity contribution in [2.45, 2.75) is 0 Å². The summed E-state index contributed by atoms with van der Waals surface area (Å²) in [7, 11) is 0. The minimum atomic E-state index is 0.704. The van der Waals surface area contributed by atoms with Crippen molar-refractivity contribution in [3.05, 3.63) is 89.4 Å². The van der Waals surface area contributed by atoms with Gasteiger partial charge in [-0.15, -0.1) is 0 Å². The Morgan fingerprint density at radius 3 is 2.23 bits per heavy atom. The minimum absolute atomic E-state index is 0.704. The number of para-hydroxylation sites is 1. The fourth-order valence-corrected chi connectivity index (χ4v) is 2.16. The number of aliphatic imine (C=N–C) groups is 1. The second kappa shape index (κ2) is 6.92. The first kappa shape index (κ1) is 14.4. The van der Waals surface area contributed by atoms with Gasteiger partial charge in [0.1, 0.15) is 11.5 Å². The molecule has 0 amide bonds. The van der Waals surface area contributed by atoms with Crippen molar-refractivity contribution in [2.24, 2.45) is 4.99 Å². The van der Waals surface area contributed by atoms with Gasteiger partial charge in [0.05, 0.1) is 5.69 Å². The average molecular weight is 308 g/mol. The number of benzene rings is 3. The van der Waals surface area contributed by atoms with Crippen molar-refractivity contribution in [1.82, 2.24) is 0 Å². The zero-order chi connectivity index (χ0) is 15.2. The molecule has 3 rings (SSSR count). The Kier molecular flexibility index (Phi) is 4.52. The molecule has 0 aliphatic rings. The van der Waals surface area contributed by atoms with E-state index in [2.05, 4.69) is 4.99 Å². The van der Waals surface area contributed by atoms with Gasteiger partial charge in [0.25, 0.3) is 0 Å². The fourth-order valence-electron chi connectivity index (χ4n) is 1.96. The van der Waals surface area contributed by atoms with Crippen LogP contribution in [0.25, 0.3) is 0 Å². The van der Waals surface area contributed by atoms with Gasteiger partial charge in [0.2, 0.25) is 0 Å². The first-order valence-electron chi connectivity index (χ1n) is 6.92. The van der Waals surface area contributed by atoms with Crippen LogP contribution in [0.1, 0.15) is 5.56 Å². The lowest BCUT2D eigenvalue weighted by Gasteiger charge is -2.05. The Balaban J connectivity index is 1.69. The largest absolute Gasteiger partial charge is 0.457 e. The Bertz CT molecular complexity index is 767. The molecule has 108 valence electrons. The molecule has 0 aromatic heterocycles. The lowest BCUT2D eigenvalue weighted by molar-refractivity contribution is 0.483. The summed E-state index contributed by atoms with van der Waals surface area (Å²) in [6.07, 6.45) is 1.79. The lowest BCUT2D eigenvalue weighted by atomic mass is 10.2. The van der Waals surface area contributed by atoms with E-state index in [-0.39, 0.29) is 0 Å². The maximum absolute atomic E-state index is 5.95. The average Bonchev–Trinajstić information content (AvgIpc) is 2.55. The quantitative estimate of drug-likeness (QED) is 0.551. The summed E-state index contributed by atoms with van der Waals surface area (Å²) in [5.74, 6) is 1.60. The molecule has 3 aromatic rings. The summed E-state index contributed by atoms with van der Waals surface area (Å²) in [6.45, 7) is 0. The van der Waals surface area contributed by atoms with Crippen molar-refractivity contribution in [2.75, 3.05) is 0 Å². The van der Waals surface area contributed by atoms with Gasteiger partial charge in [-0.25, -0.2) is 0 Å². The smallest absolute Gasteiger partial charge is 0.127 e. The maximum atomic E-state index is 5.95. The number of hydrogen-bond acceptors (Lipinski definition) is 2. The predicted octanol–water partition coefficient (Wildman–Crippen LogP) is 5.88. The second-order valence-corrected chi connectivity index (χ2v) is 5.16. The molecule has 0 unspecified atom stereocenters. The Hall–Kier alpha value is -2.58. The molecule has 0 fully saturated rings. The van der Waals surface area contributed by atoms with E-state index in [4.69, 9.17) is 16.3 Å². The molecule has 0 heterocycles. The number of nitrogens with zero attached hydrogens (tertiary/aromatic N) is 1. The highest BCUT2D eigenvalue weighted by Gasteiger charge is 1.96. The summed E-state index contributed by atoms with van der Waals surface area (Å²) in [5, 5.41) is 0.704. The zero-order valence-electron chi connectivity index (χ0n) is 11.8. The minimum Gasteiger partial charge on any atom is -0.457 e. The molecule has 0 aliphatic heterocycles. The van der Waals surface area contributed by atoms with Crippen molar-refractivity contribution >= 4 is 23.5 Å². The highest BCUT2D eigenvalue weighted by Crippen LogP contribution is 2.23. The van der Waals surface area contributed by atoms with E-state index in [1.807, 2.05) is 78.9 Å². The SMILES string of the molecule is Clc1cccc(C=Nc2ccc(Oc3ccccc3)cc2)c1. The van der Waals surface area contributed by atoms with Gasteiger partial charge in [-0.05, 0) is 54.1 Å². The zero-order valence-corrected chi connectivity index (χ0v) is 12.6. The lowest BCUT2D eigenvalue weighted by Crippen LogP contribution is -1.83. The Morgan fingerprint density at radius 2 is 1.50 bits per heavy atom. The van der Waals surface area contributed by atoms with Gasteiger partial charge < -0.3 is 4.74 Å². The van der Waals surface area contributed by atoms with Crippen molar-refractivity contribution in [1.29, 1.82) is 0 Å². The van der Waals surface area contributed by atoms with Crippen LogP contribution in [-0.2, 0) is 0 Å². The van der Waals surface area contributed by atoms with Gasteiger partial charge in [-0.2, -0.15) is 0 Å². The number of ether oxygens (including phenoxy) is 1. The van der Waals surface area contributed by atoms with E-state index >= 15 is 0 Å². The third kappa shape index (κ3) is 3.96. The van der Waals surface area contributed by atoms with E-state index in [0.29, 0.717) is 5.02 Å². The Morgan fingerprint density at radius 1 is 0.773 bits per heavy atom. The molecule has 0 saturated heterocycles. The van der Waals surface area contributed by atoms with Gasteiger partial charge in [0.15, 0.2) is 0 Å². The fraction of sp³-hybridized carbons (Fsp3) is 0. The molecular formula is C19H14ClNO. The van der Waals surface area contributed by atoms with Crippen LogP contribution < -0.4 is 4.74 Å². The molecule has 0 saturated carbocycles. The topological polar surface area (TPSA) is 21.6 Å². The van der Waals surface area contributed by atoms with Gasteiger partial charge in [-0.3, -0.25) is 4.99 Å². The van der Waals surface area contributed by atoms with E-state index < -0.39 is 0 Å². The van der Waals surface area contributed by atoms with Crippen LogP contribution in [0, 0.1) is 0 Å². The molecule has 3 heteroatoms. The molecule has 0 radical (unpaired) electrons. The van der Waals surface area contributed by atoms with Crippen LogP contribution in [0.3, 0.4) is 0 Å². The third-order valence-electron chi connectivity index (χ3n) is 3.03. The molecule has 0 N–H and O–H groups in total. The highest BCUT2D eigenvalue weighted by atomic mass is 35.5. The summed E-state index contributed by atoms with van der Waals surface area (Å²) >= 11 is 5.95. The molecule has 0 atom stereocenters. The number of rotatable bonds is 4. The molecule has 3 aromatic carbocycles. The number of halogens is 1. The molecule has 22 heavy (non-hydrogen) atoms. The van der Waals surface area contributed by atoms with Crippen LogP contribution in [0.15, 0.2) is 83.9 Å². The first-order valence-corrected chi connectivity index (χ1v) is 7.30. The summed E-state index contributed by atoms with van der Waals surface area (Å²) in [6, 6.07) is 24.9. The molecular weight excluding hydrogens is 294 g/mol. The van der Waals surface area contributed by atoms with Crippen LogP contribution in [0.2, 0.25) is 5.02 Å². The van der Waals surface area contributed by atoms with Crippen LogP contribution in [-0.4, -0.2) is 6.21 Å². The van der Waals surface area contributed by atoms with Gasteiger partial charge in [-0.1, -0.05) is 41.9 Å². The Labute approximate surface area is 134 Å². The van der Waals surface area contributed by atoms with E-state index in [1.54, 1.807) is 6.21 Å². The molecule has 0 aliphatic carbocycles. The maximum Gasteiger partial charge on any atom is 0.127 e. The van der Waals surface area contributed by atoms with Crippen molar-refractivity contribution in [3.8, 4) is 11.5 Å². The normalized spacial score (nSPS) is 10.8. The van der Waals surface area contributed by atoms with Crippen molar-refractivity contribution < 1.29 is 4.74 Å². The summed E-state index contributed by atoms with van der Waals surface area (Å²) < 4.78 is 5.74. The predicted molar refractivity (Wildman–Crippen MR) is 91.7 cm³/mol. The standard InChI is InChI=1S/C19H14ClNO/c20-16-6-4-5-15(13-16)14-21-17-9-11-19(12-10-17)22-18-7-2-1-3-8-18/h1-14H. The van der Waals surface area contributed by atoms with Crippen LogP contribution >= 0.6 is 11.6 Å². The van der Waals surface area contributed by atoms with Crippen LogP contribution in [0.5, 0.6) is 11.5 Å². The third-order valence-corrected chi connectivity index (χ3v) is 3.26. The van der Waals surface area contributed by atoms with E-state index in [0.717, 1.165) is 22.7 Å².